The van der Waals surface area contributed by atoms with Gasteiger partial charge >= 0.3 is 0 Å². The maximum absolute atomic E-state index is 13.4. The molecule has 2 heterocycles. The normalized spacial score (nSPS) is 16.3. The number of para-hydroxylation sites is 1. The van der Waals surface area contributed by atoms with Crippen LogP contribution < -0.4 is 4.90 Å². The van der Waals surface area contributed by atoms with Gasteiger partial charge in [0.15, 0.2) is 0 Å². The van der Waals surface area contributed by atoms with Crippen molar-refractivity contribution in [1.29, 1.82) is 0 Å². The van der Waals surface area contributed by atoms with E-state index in [4.69, 9.17) is 16.3 Å². The Bertz CT molecular complexity index is 998. The molecule has 2 aromatic carbocycles. The van der Waals surface area contributed by atoms with Crippen LogP contribution in [0.3, 0.4) is 0 Å². The van der Waals surface area contributed by atoms with E-state index in [9.17, 15) is 9.59 Å². The third-order valence-electron chi connectivity index (χ3n) is 5.41. The summed E-state index contributed by atoms with van der Waals surface area (Å²) in [4.78, 5) is 30.1. The lowest BCUT2D eigenvalue weighted by Crippen LogP contribution is -2.36. The molecule has 0 atom stereocenters. The van der Waals surface area contributed by atoms with Crippen molar-refractivity contribution in [1.82, 2.24) is 4.90 Å². The minimum Gasteiger partial charge on any atom is -0.379 e. The minimum atomic E-state index is -0.258. The molecule has 0 fully saturated rings. The van der Waals surface area contributed by atoms with Crippen LogP contribution in [-0.4, -0.2) is 42.5 Å². The summed E-state index contributed by atoms with van der Waals surface area (Å²) in [5.41, 5.74) is 3.78. The Morgan fingerprint density at radius 3 is 2.50 bits per heavy atom. The van der Waals surface area contributed by atoms with Crippen LogP contribution in [0.1, 0.15) is 31.4 Å². The predicted octanol–water partition coefficient (Wildman–Crippen LogP) is 4.30. The number of ether oxygens (including phenoxy) is 1. The van der Waals surface area contributed by atoms with E-state index in [0.29, 0.717) is 48.0 Å². The highest BCUT2D eigenvalue weighted by Gasteiger charge is 2.42. The Labute approximate surface area is 181 Å². The lowest BCUT2D eigenvalue weighted by molar-refractivity contribution is -0.137. The molecule has 6 heteroatoms. The summed E-state index contributed by atoms with van der Waals surface area (Å²) >= 11 is 6.05. The molecule has 156 valence electrons. The molecule has 4 rings (SSSR count). The third kappa shape index (κ3) is 3.87. The highest BCUT2D eigenvalue weighted by molar-refractivity contribution is 6.37. The quantitative estimate of drug-likeness (QED) is 0.491. The maximum Gasteiger partial charge on any atom is 0.278 e. The standard InChI is InChI=1S/C24H25ClN2O3/c1-16(2)30-15-5-13-27-23(28)21(18-8-10-19(25)11-9-18)22(24(27)29)26-14-12-17-6-3-4-7-20(17)26/h3-4,6-11,16H,5,12-15H2,1-2H3. The zero-order chi connectivity index (χ0) is 21.3. The predicted molar refractivity (Wildman–Crippen MR) is 118 cm³/mol. The molecule has 0 radical (unpaired) electrons. The van der Waals surface area contributed by atoms with Gasteiger partial charge in [-0.15, -0.1) is 0 Å². The van der Waals surface area contributed by atoms with Gasteiger partial charge in [0, 0.05) is 30.4 Å². The molecule has 2 aliphatic rings. The SMILES string of the molecule is CC(C)OCCCN1C(=O)C(c2ccc(Cl)cc2)=C(N2CCc3ccccc32)C1=O. The highest BCUT2D eigenvalue weighted by atomic mass is 35.5. The monoisotopic (exact) mass is 424 g/mol. The number of rotatable bonds is 7. The summed E-state index contributed by atoms with van der Waals surface area (Å²) in [6.07, 6.45) is 1.57. The van der Waals surface area contributed by atoms with Gasteiger partial charge in [-0.25, -0.2) is 0 Å². The molecule has 2 amide bonds. The van der Waals surface area contributed by atoms with Crippen molar-refractivity contribution in [3.05, 3.63) is 70.4 Å². The number of fused-ring (bicyclic) bond motifs is 1. The highest BCUT2D eigenvalue weighted by Crippen LogP contribution is 2.38. The van der Waals surface area contributed by atoms with Crippen LogP contribution in [-0.2, 0) is 20.7 Å². The first kappa shape index (κ1) is 20.6. The van der Waals surface area contributed by atoms with Gasteiger partial charge < -0.3 is 9.64 Å². The Balaban J connectivity index is 1.69. The van der Waals surface area contributed by atoms with Gasteiger partial charge in [-0.3, -0.25) is 14.5 Å². The summed E-state index contributed by atoms with van der Waals surface area (Å²) in [6, 6.07) is 15.1. The molecule has 0 saturated heterocycles. The smallest absolute Gasteiger partial charge is 0.278 e. The largest absolute Gasteiger partial charge is 0.379 e. The maximum atomic E-state index is 13.4. The molecule has 0 bridgehead atoms. The van der Waals surface area contributed by atoms with E-state index in [-0.39, 0.29) is 17.9 Å². The Kier molecular flexibility index (Phi) is 5.93. The first-order valence-corrected chi connectivity index (χ1v) is 10.7. The number of hydrogen-bond acceptors (Lipinski definition) is 4. The second kappa shape index (κ2) is 8.62. The fourth-order valence-corrected chi connectivity index (χ4v) is 4.13. The van der Waals surface area contributed by atoms with Gasteiger partial charge in [0.25, 0.3) is 11.8 Å². The van der Waals surface area contributed by atoms with Crippen molar-refractivity contribution in [2.75, 3.05) is 24.6 Å². The van der Waals surface area contributed by atoms with Crippen LogP contribution in [0.4, 0.5) is 5.69 Å². The van der Waals surface area contributed by atoms with Crippen molar-refractivity contribution in [2.45, 2.75) is 32.8 Å². The second-order valence-electron chi connectivity index (χ2n) is 7.80. The van der Waals surface area contributed by atoms with Crippen LogP contribution in [0, 0.1) is 0 Å². The van der Waals surface area contributed by atoms with Crippen molar-refractivity contribution >= 4 is 34.7 Å². The molecule has 0 aliphatic carbocycles. The molecule has 30 heavy (non-hydrogen) atoms. The third-order valence-corrected chi connectivity index (χ3v) is 5.66. The first-order chi connectivity index (χ1) is 14.5. The van der Waals surface area contributed by atoms with Crippen LogP contribution in [0.2, 0.25) is 5.02 Å². The molecule has 0 unspecified atom stereocenters. The lowest BCUT2D eigenvalue weighted by atomic mass is 10.0. The molecular formula is C24H25ClN2O3. The molecule has 0 saturated carbocycles. The summed E-state index contributed by atoms with van der Waals surface area (Å²) < 4.78 is 5.58. The minimum absolute atomic E-state index is 0.120. The zero-order valence-electron chi connectivity index (χ0n) is 17.2. The Hall–Kier alpha value is -2.63. The summed E-state index contributed by atoms with van der Waals surface area (Å²) in [7, 11) is 0. The zero-order valence-corrected chi connectivity index (χ0v) is 18.0. The molecule has 2 aromatic rings. The van der Waals surface area contributed by atoms with E-state index in [1.54, 1.807) is 24.3 Å². The number of amides is 2. The average molecular weight is 425 g/mol. The van der Waals surface area contributed by atoms with Crippen LogP contribution >= 0.6 is 11.6 Å². The number of halogens is 1. The van der Waals surface area contributed by atoms with Crippen molar-refractivity contribution < 1.29 is 14.3 Å². The van der Waals surface area contributed by atoms with Crippen LogP contribution in [0.15, 0.2) is 54.2 Å². The summed E-state index contributed by atoms with van der Waals surface area (Å²) in [6.45, 7) is 5.45. The fraction of sp³-hybridized carbons (Fsp3) is 0.333. The van der Waals surface area contributed by atoms with Crippen LogP contribution in [0.25, 0.3) is 5.57 Å². The summed E-state index contributed by atoms with van der Waals surface area (Å²) in [5.74, 6) is -0.502. The first-order valence-electron chi connectivity index (χ1n) is 10.3. The topological polar surface area (TPSA) is 49.9 Å². The molecule has 2 aliphatic heterocycles. The van der Waals surface area contributed by atoms with E-state index in [1.165, 1.54) is 10.5 Å². The number of benzene rings is 2. The molecule has 0 aromatic heterocycles. The van der Waals surface area contributed by atoms with Gasteiger partial charge in [-0.05, 0) is 56.0 Å². The van der Waals surface area contributed by atoms with Gasteiger partial charge in [0.1, 0.15) is 5.70 Å². The summed E-state index contributed by atoms with van der Waals surface area (Å²) in [5, 5.41) is 0.590. The number of hydrogen-bond donors (Lipinski definition) is 0. The molecule has 0 N–H and O–H groups in total. The lowest BCUT2D eigenvalue weighted by Gasteiger charge is -2.22. The van der Waals surface area contributed by atoms with Crippen molar-refractivity contribution in [2.24, 2.45) is 0 Å². The number of nitrogens with zero attached hydrogens (tertiary/aromatic N) is 2. The van der Waals surface area contributed by atoms with Gasteiger partial charge in [0.05, 0.1) is 11.7 Å². The van der Waals surface area contributed by atoms with Gasteiger partial charge in [-0.1, -0.05) is 41.9 Å². The molecule has 5 nitrogen and oxygen atoms in total. The van der Waals surface area contributed by atoms with E-state index in [0.717, 1.165) is 12.1 Å². The number of carbonyl (C=O) groups excluding carboxylic acids is 2. The van der Waals surface area contributed by atoms with Crippen LogP contribution in [0.5, 0.6) is 0 Å². The number of imide groups is 1. The van der Waals surface area contributed by atoms with E-state index < -0.39 is 0 Å². The van der Waals surface area contributed by atoms with E-state index in [1.807, 2.05) is 36.9 Å². The van der Waals surface area contributed by atoms with Crippen molar-refractivity contribution in [3.63, 3.8) is 0 Å². The van der Waals surface area contributed by atoms with Gasteiger partial charge in [0.2, 0.25) is 0 Å². The Morgan fingerprint density at radius 2 is 1.77 bits per heavy atom. The number of carbonyl (C=O) groups is 2. The van der Waals surface area contributed by atoms with E-state index >= 15 is 0 Å². The second-order valence-corrected chi connectivity index (χ2v) is 8.23. The average Bonchev–Trinajstić information content (AvgIpc) is 3.25. The van der Waals surface area contributed by atoms with Gasteiger partial charge in [-0.2, -0.15) is 0 Å². The molecule has 0 spiro atoms. The fourth-order valence-electron chi connectivity index (χ4n) is 4.01. The van der Waals surface area contributed by atoms with E-state index in [2.05, 4.69) is 6.07 Å². The van der Waals surface area contributed by atoms with Crippen molar-refractivity contribution in [3.8, 4) is 0 Å². The Morgan fingerprint density at radius 1 is 1.03 bits per heavy atom. The molecular weight excluding hydrogens is 400 g/mol. The number of anilines is 1.